The molecule has 0 aliphatic heterocycles. The van der Waals surface area contributed by atoms with Gasteiger partial charge in [-0.3, -0.25) is 0 Å². The number of hydrogen-bond donors (Lipinski definition) is 1. The average Bonchev–Trinajstić information content (AvgIpc) is 1.86. The predicted molar refractivity (Wildman–Crippen MR) is 18.2 cm³/mol. The lowest BCUT2D eigenvalue weighted by Gasteiger charge is -1.67. The summed E-state index contributed by atoms with van der Waals surface area (Å²) in [5.74, 6) is -0.144. The summed E-state index contributed by atoms with van der Waals surface area (Å²) < 4.78 is 4.28. The van der Waals surface area contributed by atoms with E-state index in [0.29, 0.717) is 0 Å². The minimum Gasteiger partial charge on any atom is -0.480 e. The van der Waals surface area contributed by atoms with E-state index >= 15 is 0 Å². The van der Waals surface area contributed by atoms with Gasteiger partial charge in [-0.1, -0.05) is 0 Å². The highest BCUT2D eigenvalue weighted by Crippen LogP contribution is 2.00. The highest BCUT2D eigenvalue weighted by Gasteiger charge is 1.81. The van der Waals surface area contributed by atoms with Crippen molar-refractivity contribution in [2.75, 3.05) is 0 Å². The standard InChI is InChI=1S/C3H3NO2/c5-3-1-4-2-6-3/h1-2,5H. The second kappa shape index (κ2) is 1.01. The second-order valence-electron chi connectivity index (χ2n) is 0.840. The molecule has 1 rings (SSSR count). The van der Waals surface area contributed by atoms with Crippen molar-refractivity contribution < 1.29 is 9.52 Å². The van der Waals surface area contributed by atoms with E-state index in [0.717, 1.165) is 6.39 Å². The Bertz CT molecular complexity index is 112. The van der Waals surface area contributed by atoms with Gasteiger partial charge in [0.05, 0.1) is 0 Å². The summed E-state index contributed by atoms with van der Waals surface area (Å²) in [6.07, 6.45) is 2.38. The Kier molecular flexibility index (Phi) is 0.538. The monoisotopic (exact) mass is 85.0 g/mol. The maximum Gasteiger partial charge on any atom is 0.302 e. The molecule has 1 N–H and O–H groups in total. The molecule has 1 aromatic rings. The lowest BCUT2D eigenvalue weighted by molar-refractivity contribution is 0.332. The van der Waals surface area contributed by atoms with Crippen molar-refractivity contribution in [2.24, 2.45) is 0 Å². The van der Waals surface area contributed by atoms with Gasteiger partial charge in [0.15, 0.2) is 6.39 Å². The van der Waals surface area contributed by atoms with E-state index in [2.05, 4.69) is 9.40 Å². The van der Waals surface area contributed by atoms with Crippen molar-refractivity contribution in [3.05, 3.63) is 12.6 Å². The fourth-order valence-electron chi connectivity index (χ4n) is 0.209. The molecule has 0 atom stereocenters. The van der Waals surface area contributed by atoms with Crippen LogP contribution in [0.2, 0.25) is 0 Å². The van der Waals surface area contributed by atoms with Crippen LogP contribution in [0.4, 0.5) is 0 Å². The molecule has 3 nitrogen and oxygen atoms in total. The summed E-state index contributed by atoms with van der Waals surface area (Å²) in [4.78, 5) is 3.41. The Balaban J connectivity index is 3.05. The summed E-state index contributed by atoms with van der Waals surface area (Å²) in [5.41, 5.74) is 0. The molecule has 1 aromatic heterocycles. The smallest absolute Gasteiger partial charge is 0.302 e. The SMILES string of the molecule is Oc1cnco1. The minimum atomic E-state index is -0.144. The van der Waals surface area contributed by atoms with E-state index in [1.54, 1.807) is 0 Å². The van der Waals surface area contributed by atoms with E-state index in [1.165, 1.54) is 6.20 Å². The number of oxazole rings is 1. The highest BCUT2D eigenvalue weighted by atomic mass is 16.5. The molecule has 0 amide bonds. The van der Waals surface area contributed by atoms with Crippen LogP contribution < -0.4 is 0 Å². The fourth-order valence-corrected chi connectivity index (χ4v) is 0.209. The van der Waals surface area contributed by atoms with Crippen LogP contribution in [0.25, 0.3) is 0 Å². The molecule has 6 heavy (non-hydrogen) atoms. The zero-order valence-corrected chi connectivity index (χ0v) is 2.96. The van der Waals surface area contributed by atoms with Crippen LogP contribution >= 0.6 is 0 Å². The second-order valence-corrected chi connectivity index (χ2v) is 0.840. The number of nitrogens with zero attached hydrogens (tertiary/aromatic N) is 1. The van der Waals surface area contributed by atoms with Crippen molar-refractivity contribution in [1.29, 1.82) is 0 Å². The van der Waals surface area contributed by atoms with Gasteiger partial charge < -0.3 is 9.52 Å². The van der Waals surface area contributed by atoms with Gasteiger partial charge in [0, 0.05) is 0 Å². The molecule has 0 saturated carbocycles. The zero-order chi connectivity index (χ0) is 4.41. The van der Waals surface area contributed by atoms with E-state index in [-0.39, 0.29) is 5.95 Å². The first-order chi connectivity index (χ1) is 2.89. The quantitative estimate of drug-likeness (QED) is 0.495. The minimum absolute atomic E-state index is 0.144. The fraction of sp³-hybridized carbons (Fsp3) is 0. The topological polar surface area (TPSA) is 46.3 Å². The first-order valence-corrected chi connectivity index (χ1v) is 1.47. The van der Waals surface area contributed by atoms with Crippen molar-refractivity contribution in [3.8, 4) is 5.95 Å². The Morgan fingerprint density at radius 3 is 2.83 bits per heavy atom. The lowest BCUT2D eigenvalue weighted by atomic mass is 10.9. The first kappa shape index (κ1) is 3.21. The molecule has 0 fully saturated rings. The van der Waals surface area contributed by atoms with E-state index in [1.807, 2.05) is 0 Å². The molecule has 0 aliphatic carbocycles. The van der Waals surface area contributed by atoms with Crippen LogP contribution in [0.1, 0.15) is 0 Å². The molecule has 32 valence electrons. The molecule has 0 saturated heterocycles. The van der Waals surface area contributed by atoms with Gasteiger partial charge in [-0.25, -0.2) is 4.98 Å². The van der Waals surface area contributed by atoms with Gasteiger partial charge >= 0.3 is 5.95 Å². The van der Waals surface area contributed by atoms with Crippen LogP contribution in [-0.2, 0) is 0 Å². The number of aromatic hydroxyl groups is 1. The van der Waals surface area contributed by atoms with Gasteiger partial charge in [-0.2, -0.15) is 0 Å². The number of aromatic nitrogens is 1. The van der Waals surface area contributed by atoms with Crippen molar-refractivity contribution in [3.63, 3.8) is 0 Å². The van der Waals surface area contributed by atoms with Crippen LogP contribution in [0.3, 0.4) is 0 Å². The Morgan fingerprint density at radius 2 is 2.67 bits per heavy atom. The van der Waals surface area contributed by atoms with Gasteiger partial charge in [0.25, 0.3) is 0 Å². The largest absolute Gasteiger partial charge is 0.480 e. The van der Waals surface area contributed by atoms with E-state index in [9.17, 15) is 0 Å². The third-order valence-corrected chi connectivity index (χ3v) is 0.419. The normalized spacial score (nSPS) is 8.67. The number of rotatable bonds is 0. The van der Waals surface area contributed by atoms with Gasteiger partial charge in [-0.05, 0) is 0 Å². The molecule has 0 unspecified atom stereocenters. The Morgan fingerprint density at radius 1 is 1.83 bits per heavy atom. The maximum absolute atomic E-state index is 8.24. The molecular formula is C3H3NO2. The first-order valence-electron chi connectivity index (χ1n) is 1.47. The molecule has 0 aliphatic rings. The lowest BCUT2D eigenvalue weighted by Crippen LogP contribution is -1.44. The summed E-state index contributed by atoms with van der Waals surface area (Å²) in [7, 11) is 0. The maximum atomic E-state index is 8.24. The Labute approximate surface area is 34.2 Å². The van der Waals surface area contributed by atoms with Gasteiger partial charge in [0.1, 0.15) is 6.20 Å². The van der Waals surface area contributed by atoms with Crippen molar-refractivity contribution in [1.82, 2.24) is 4.98 Å². The van der Waals surface area contributed by atoms with Gasteiger partial charge in [0.2, 0.25) is 0 Å². The molecule has 0 radical (unpaired) electrons. The molecule has 0 aromatic carbocycles. The Hall–Kier alpha value is -0.990. The summed E-state index contributed by atoms with van der Waals surface area (Å²) in [6.45, 7) is 0. The molecule has 0 bridgehead atoms. The third-order valence-electron chi connectivity index (χ3n) is 0.419. The molecule has 0 spiro atoms. The van der Waals surface area contributed by atoms with Crippen LogP contribution in [-0.4, -0.2) is 10.1 Å². The summed E-state index contributed by atoms with van der Waals surface area (Å²) in [5, 5.41) is 8.24. The summed E-state index contributed by atoms with van der Waals surface area (Å²) >= 11 is 0. The van der Waals surface area contributed by atoms with E-state index in [4.69, 9.17) is 5.11 Å². The summed E-state index contributed by atoms with van der Waals surface area (Å²) in [6, 6.07) is 0. The molecular weight excluding hydrogens is 82.0 g/mol. The third kappa shape index (κ3) is 0.337. The molecule has 1 heterocycles. The molecule has 3 heteroatoms. The van der Waals surface area contributed by atoms with Crippen LogP contribution in [0.5, 0.6) is 5.95 Å². The van der Waals surface area contributed by atoms with Crippen LogP contribution in [0, 0.1) is 0 Å². The van der Waals surface area contributed by atoms with Crippen molar-refractivity contribution >= 4 is 0 Å². The van der Waals surface area contributed by atoms with Crippen LogP contribution in [0.15, 0.2) is 17.0 Å². The average molecular weight is 85.1 g/mol. The van der Waals surface area contributed by atoms with E-state index < -0.39 is 0 Å². The predicted octanol–water partition coefficient (Wildman–Crippen LogP) is 0.380. The zero-order valence-electron chi connectivity index (χ0n) is 2.96. The van der Waals surface area contributed by atoms with Gasteiger partial charge in [-0.15, -0.1) is 0 Å². The number of hydrogen-bond acceptors (Lipinski definition) is 3. The highest BCUT2D eigenvalue weighted by molar-refractivity contribution is 4.89. The van der Waals surface area contributed by atoms with Crippen molar-refractivity contribution in [2.45, 2.75) is 0 Å².